The van der Waals surface area contributed by atoms with Crippen molar-refractivity contribution in [3.63, 3.8) is 0 Å². The second kappa shape index (κ2) is 6.72. The lowest BCUT2D eigenvalue weighted by Crippen LogP contribution is -2.30. The average Bonchev–Trinajstić information content (AvgIpc) is 2.28. The van der Waals surface area contributed by atoms with Gasteiger partial charge in [0.15, 0.2) is 9.84 Å². The highest BCUT2D eigenvalue weighted by Crippen LogP contribution is 2.12. The molecule has 0 aromatic heterocycles. The second-order valence-electron chi connectivity index (χ2n) is 4.44. The van der Waals surface area contributed by atoms with Crippen LogP contribution in [0.3, 0.4) is 0 Å². The summed E-state index contributed by atoms with van der Waals surface area (Å²) < 4.78 is 23.9. The number of sulfone groups is 1. The first-order valence-corrected chi connectivity index (χ1v) is 7.51. The average molecular weight is 271 g/mol. The van der Waals surface area contributed by atoms with Gasteiger partial charge in [0, 0.05) is 25.3 Å². The zero-order chi connectivity index (χ0) is 13.6. The normalized spacial score (nSPS) is 11.9. The molecule has 0 radical (unpaired) electrons. The van der Waals surface area contributed by atoms with Crippen LogP contribution in [-0.4, -0.2) is 52.8 Å². The maximum Gasteiger partial charge on any atom is 0.179 e. The summed E-state index contributed by atoms with van der Waals surface area (Å²) in [6, 6.07) is 6.30. The van der Waals surface area contributed by atoms with Gasteiger partial charge in [0.25, 0.3) is 0 Å². The third kappa shape index (κ3) is 5.03. The van der Waals surface area contributed by atoms with Crippen molar-refractivity contribution in [2.75, 3.05) is 45.2 Å². The molecule has 0 saturated heterocycles. The highest BCUT2D eigenvalue weighted by Gasteiger charge is 2.13. The summed E-state index contributed by atoms with van der Waals surface area (Å²) in [4.78, 5) is 2.37. The maximum atomic E-state index is 11.9. The van der Waals surface area contributed by atoms with E-state index < -0.39 is 9.84 Å². The molecule has 0 saturated carbocycles. The van der Waals surface area contributed by atoms with Gasteiger partial charge in [-0.2, -0.15) is 0 Å². The first kappa shape index (κ1) is 14.9. The first-order chi connectivity index (χ1) is 8.42. The van der Waals surface area contributed by atoms with Crippen LogP contribution in [0.25, 0.3) is 0 Å². The van der Waals surface area contributed by atoms with E-state index in [9.17, 15) is 8.42 Å². The fourth-order valence-corrected chi connectivity index (χ4v) is 2.63. The van der Waals surface area contributed by atoms with Crippen molar-refractivity contribution in [2.45, 2.75) is 4.90 Å². The van der Waals surface area contributed by atoms with Crippen molar-refractivity contribution in [3.05, 3.63) is 24.3 Å². The van der Waals surface area contributed by atoms with Crippen LogP contribution in [0, 0.1) is 0 Å². The van der Waals surface area contributed by atoms with Gasteiger partial charge in [-0.25, -0.2) is 8.42 Å². The Bertz CT molecular complexity index is 455. The van der Waals surface area contributed by atoms with E-state index in [1.165, 1.54) is 0 Å². The van der Waals surface area contributed by atoms with Crippen LogP contribution in [0.1, 0.15) is 0 Å². The van der Waals surface area contributed by atoms with E-state index in [-0.39, 0.29) is 5.75 Å². The van der Waals surface area contributed by atoms with E-state index in [2.05, 4.69) is 5.32 Å². The molecule has 0 aliphatic carbocycles. The maximum absolute atomic E-state index is 11.9. The van der Waals surface area contributed by atoms with Crippen molar-refractivity contribution in [1.29, 1.82) is 0 Å². The number of hydrogen-bond donors (Lipinski definition) is 2. The van der Waals surface area contributed by atoms with E-state index in [0.717, 1.165) is 13.1 Å². The molecule has 0 aliphatic rings. The Morgan fingerprint density at radius 1 is 1.17 bits per heavy atom. The van der Waals surface area contributed by atoms with Gasteiger partial charge in [-0.15, -0.1) is 0 Å². The van der Waals surface area contributed by atoms with Crippen LogP contribution in [-0.2, 0) is 9.84 Å². The smallest absolute Gasteiger partial charge is 0.179 e. The summed E-state index contributed by atoms with van der Waals surface area (Å²) in [5.41, 5.74) is 6.09. The number of likely N-dealkylation sites (N-methyl/N-ethyl adjacent to an activating group) is 1. The van der Waals surface area contributed by atoms with Gasteiger partial charge in [-0.3, -0.25) is 0 Å². The van der Waals surface area contributed by atoms with Crippen molar-refractivity contribution >= 4 is 15.5 Å². The summed E-state index contributed by atoms with van der Waals surface area (Å²) >= 11 is 0. The molecular formula is C12H21N3O2S. The highest BCUT2D eigenvalue weighted by atomic mass is 32.2. The number of nitrogens with two attached hydrogens (primary N) is 1. The molecule has 0 bridgehead atoms. The van der Waals surface area contributed by atoms with Crippen LogP contribution in [0.2, 0.25) is 0 Å². The quantitative estimate of drug-likeness (QED) is 0.547. The van der Waals surface area contributed by atoms with E-state index in [1.54, 1.807) is 24.3 Å². The number of anilines is 1. The molecule has 102 valence electrons. The molecule has 0 amide bonds. The zero-order valence-corrected chi connectivity index (χ0v) is 11.7. The second-order valence-corrected chi connectivity index (χ2v) is 6.55. The van der Waals surface area contributed by atoms with Gasteiger partial charge in [0.05, 0.1) is 10.6 Å². The van der Waals surface area contributed by atoms with Crippen molar-refractivity contribution in [1.82, 2.24) is 10.2 Å². The van der Waals surface area contributed by atoms with Crippen LogP contribution >= 0.6 is 0 Å². The molecule has 1 aromatic rings. The van der Waals surface area contributed by atoms with Gasteiger partial charge < -0.3 is 16.0 Å². The molecule has 0 heterocycles. The first-order valence-electron chi connectivity index (χ1n) is 5.85. The number of nitrogen functional groups attached to an aromatic ring is 1. The van der Waals surface area contributed by atoms with E-state index >= 15 is 0 Å². The van der Waals surface area contributed by atoms with Gasteiger partial charge in [0.2, 0.25) is 0 Å². The Morgan fingerprint density at radius 3 is 2.33 bits per heavy atom. The standard InChI is InChI=1S/C12H21N3O2S/c1-15(2)9-7-14-8-10-18(16,17)12-5-3-11(13)4-6-12/h3-6,14H,7-10,13H2,1-2H3. The minimum Gasteiger partial charge on any atom is -0.399 e. The summed E-state index contributed by atoms with van der Waals surface area (Å²) in [5.74, 6) is 0.102. The predicted molar refractivity (Wildman–Crippen MR) is 74.3 cm³/mol. The molecule has 18 heavy (non-hydrogen) atoms. The summed E-state index contributed by atoms with van der Waals surface area (Å²) in [7, 11) is 0.749. The minimum atomic E-state index is -3.21. The molecule has 0 fully saturated rings. The van der Waals surface area contributed by atoms with Gasteiger partial charge in [-0.05, 0) is 38.4 Å². The minimum absolute atomic E-state index is 0.102. The van der Waals surface area contributed by atoms with Crippen LogP contribution in [0.4, 0.5) is 5.69 Å². The van der Waals surface area contributed by atoms with Crippen molar-refractivity contribution in [2.24, 2.45) is 0 Å². The third-order valence-corrected chi connectivity index (χ3v) is 4.25. The van der Waals surface area contributed by atoms with Gasteiger partial charge >= 0.3 is 0 Å². The molecule has 0 unspecified atom stereocenters. The lowest BCUT2D eigenvalue weighted by Gasteiger charge is -2.10. The molecule has 0 aliphatic heterocycles. The number of nitrogens with zero attached hydrogens (tertiary/aromatic N) is 1. The molecular weight excluding hydrogens is 250 g/mol. The number of nitrogens with one attached hydrogen (secondary N) is 1. The molecule has 1 rings (SSSR count). The van der Waals surface area contributed by atoms with Crippen molar-refractivity contribution in [3.8, 4) is 0 Å². The predicted octanol–water partition coefficient (Wildman–Crippen LogP) is 0.194. The van der Waals surface area contributed by atoms with Crippen molar-refractivity contribution < 1.29 is 8.42 Å². The topological polar surface area (TPSA) is 75.4 Å². The Morgan fingerprint density at radius 2 is 1.78 bits per heavy atom. The molecule has 0 spiro atoms. The molecule has 6 heteroatoms. The van der Waals surface area contributed by atoms with Crippen LogP contribution < -0.4 is 11.1 Å². The fraction of sp³-hybridized carbons (Fsp3) is 0.500. The molecule has 3 N–H and O–H groups in total. The Labute approximate surface area is 109 Å². The lowest BCUT2D eigenvalue weighted by molar-refractivity contribution is 0.402. The lowest BCUT2D eigenvalue weighted by atomic mass is 10.3. The Hall–Kier alpha value is -1.11. The highest BCUT2D eigenvalue weighted by molar-refractivity contribution is 7.91. The SMILES string of the molecule is CN(C)CCNCCS(=O)(=O)c1ccc(N)cc1. The summed E-state index contributed by atoms with van der Waals surface area (Å²) in [6.45, 7) is 2.13. The van der Waals surface area contributed by atoms with E-state index in [0.29, 0.717) is 17.1 Å². The molecule has 5 nitrogen and oxygen atoms in total. The monoisotopic (exact) mass is 271 g/mol. The zero-order valence-electron chi connectivity index (χ0n) is 10.9. The number of rotatable bonds is 7. The van der Waals surface area contributed by atoms with Gasteiger partial charge in [-0.1, -0.05) is 0 Å². The summed E-state index contributed by atoms with van der Waals surface area (Å²) in [5, 5.41) is 3.11. The summed E-state index contributed by atoms with van der Waals surface area (Å²) in [6.07, 6.45) is 0. The van der Waals surface area contributed by atoms with Gasteiger partial charge in [0.1, 0.15) is 0 Å². The van der Waals surface area contributed by atoms with Crippen LogP contribution in [0.15, 0.2) is 29.2 Å². The van der Waals surface area contributed by atoms with Crippen LogP contribution in [0.5, 0.6) is 0 Å². The number of benzene rings is 1. The fourth-order valence-electron chi connectivity index (χ4n) is 1.43. The molecule has 1 aromatic carbocycles. The molecule has 0 atom stereocenters. The number of hydrogen-bond acceptors (Lipinski definition) is 5. The Balaban J connectivity index is 2.43. The Kier molecular flexibility index (Phi) is 5.58. The largest absolute Gasteiger partial charge is 0.399 e. The third-order valence-electron chi connectivity index (χ3n) is 2.52. The van der Waals surface area contributed by atoms with E-state index in [4.69, 9.17) is 5.73 Å². The van der Waals surface area contributed by atoms with E-state index in [1.807, 2.05) is 19.0 Å².